The summed E-state index contributed by atoms with van der Waals surface area (Å²) in [6.07, 6.45) is 0.341. The number of benzene rings is 1. The van der Waals surface area contributed by atoms with Crippen molar-refractivity contribution in [1.29, 1.82) is 0 Å². The van der Waals surface area contributed by atoms with E-state index in [0.717, 1.165) is 16.9 Å². The SMILES string of the molecule is Cc1cccc(C)c1OCC(C)NC(=O)C[C@@H](C)N. The molecule has 1 aromatic carbocycles. The molecule has 0 fully saturated rings. The van der Waals surface area contributed by atoms with Crippen molar-refractivity contribution in [1.82, 2.24) is 5.32 Å². The van der Waals surface area contributed by atoms with E-state index < -0.39 is 0 Å². The second-order valence-corrected chi connectivity index (χ2v) is 5.18. The summed E-state index contributed by atoms with van der Waals surface area (Å²) in [6.45, 7) is 8.23. The first-order valence-electron chi connectivity index (χ1n) is 6.64. The van der Waals surface area contributed by atoms with Crippen LogP contribution in [0.1, 0.15) is 31.4 Å². The molecule has 0 saturated carbocycles. The van der Waals surface area contributed by atoms with Crippen molar-refractivity contribution in [2.45, 2.75) is 46.2 Å². The summed E-state index contributed by atoms with van der Waals surface area (Å²) < 4.78 is 5.79. The molecule has 2 atom stereocenters. The standard InChI is InChI=1S/C15H24N2O2/c1-10-6-5-7-11(2)15(10)19-9-13(4)17-14(18)8-12(3)16/h5-7,12-13H,8-9,16H2,1-4H3,(H,17,18)/t12-,13?/m1/s1. The lowest BCUT2D eigenvalue weighted by molar-refractivity contribution is -0.122. The predicted molar refractivity (Wildman–Crippen MR) is 77.3 cm³/mol. The van der Waals surface area contributed by atoms with Crippen LogP contribution in [0.25, 0.3) is 0 Å². The third kappa shape index (κ3) is 5.30. The molecule has 0 aliphatic rings. The topological polar surface area (TPSA) is 64.3 Å². The maximum absolute atomic E-state index is 11.6. The average Bonchev–Trinajstić information content (AvgIpc) is 2.26. The number of nitrogens with two attached hydrogens (primary N) is 1. The summed E-state index contributed by atoms with van der Waals surface area (Å²) in [6, 6.07) is 5.88. The second kappa shape index (κ2) is 7.14. The number of aryl methyl sites for hydroxylation is 2. The van der Waals surface area contributed by atoms with Crippen molar-refractivity contribution in [3.63, 3.8) is 0 Å². The van der Waals surface area contributed by atoms with Crippen LogP contribution in [0.15, 0.2) is 18.2 Å². The average molecular weight is 264 g/mol. The molecule has 3 N–H and O–H groups in total. The molecule has 1 amide bonds. The van der Waals surface area contributed by atoms with Gasteiger partial charge in [-0.3, -0.25) is 4.79 Å². The minimum Gasteiger partial charge on any atom is -0.491 e. The molecule has 0 bridgehead atoms. The molecular formula is C15H24N2O2. The van der Waals surface area contributed by atoms with Crippen molar-refractivity contribution in [2.75, 3.05) is 6.61 Å². The van der Waals surface area contributed by atoms with Crippen molar-refractivity contribution in [2.24, 2.45) is 5.73 Å². The largest absolute Gasteiger partial charge is 0.491 e. The van der Waals surface area contributed by atoms with Gasteiger partial charge in [0.1, 0.15) is 12.4 Å². The van der Waals surface area contributed by atoms with Gasteiger partial charge in [0.2, 0.25) is 5.91 Å². The molecule has 0 radical (unpaired) electrons. The number of ether oxygens (including phenoxy) is 1. The molecule has 0 heterocycles. The number of para-hydroxylation sites is 1. The summed E-state index contributed by atoms with van der Waals surface area (Å²) in [4.78, 5) is 11.6. The molecule has 0 aliphatic carbocycles. The lowest BCUT2D eigenvalue weighted by atomic mass is 10.1. The maximum Gasteiger partial charge on any atom is 0.221 e. The van der Waals surface area contributed by atoms with Gasteiger partial charge in [-0.15, -0.1) is 0 Å². The summed E-state index contributed by atoms with van der Waals surface area (Å²) in [7, 11) is 0. The van der Waals surface area contributed by atoms with E-state index in [1.807, 2.05) is 45.9 Å². The first-order valence-corrected chi connectivity index (χ1v) is 6.64. The zero-order valence-electron chi connectivity index (χ0n) is 12.2. The molecule has 0 aromatic heterocycles. The van der Waals surface area contributed by atoms with Crippen molar-refractivity contribution < 1.29 is 9.53 Å². The Labute approximate surface area is 115 Å². The van der Waals surface area contributed by atoms with E-state index in [9.17, 15) is 4.79 Å². The molecule has 19 heavy (non-hydrogen) atoms. The second-order valence-electron chi connectivity index (χ2n) is 5.18. The fourth-order valence-electron chi connectivity index (χ4n) is 1.90. The number of nitrogens with one attached hydrogen (secondary N) is 1. The highest BCUT2D eigenvalue weighted by molar-refractivity contribution is 5.76. The summed E-state index contributed by atoms with van der Waals surface area (Å²) in [5, 5.41) is 2.88. The van der Waals surface area contributed by atoms with Crippen LogP contribution in [-0.2, 0) is 4.79 Å². The summed E-state index contributed by atoms with van der Waals surface area (Å²) >= 11 is 0. The van der Waals surface area contributed by atoms with E-state index in [2.05, 4.69) is 5.32 Å². The molecular weight excluding hydrogens is 240 g/mol. The minimum atomic E-state index is -0.119. The van der Waals surface area contributed by atoms with Crippen molar-refractivity contribution in [3.05, 3.63) is 29.3 Å². The Kier molecular flexibility index (Phi) is 5.83. The lowest BCUT2D eigenvalue weighted by Crippen LogP contribution is -2.39. The maximum atomic E-state index is 11.6. The zero-order chi connectivity index (χ0) is 14.4. The van der Waals surface area contributed by atoms with Crippen molar-refractivity contribution >= 4 is 5.91 Å². The van der Waals surface area contributed by atoms with Gasteiger partial charge in [-0.1, -0.05) is 18.2 Å². The van der Waals surface area contributed by atoms with Crippen LogP contribution in [0.4, 0.5) is 0 Å². The lowest BCUT2D eigenvalue weighted by Gasteiger charge is -2.18. The van der Waals surface area contributed by atoms with Gasteiger partial charge in [0.25, 0.3) is 0 Å². The van der Waals surface area contributed by atoms with Crippen LogP contribution >= 0.6 is 0 Å². The number of amides is 1. The number of hydrogen-bond acceptors (Lipinski definition) is 3. The van der Waals surface area contributed by atoms with Crippen LogP contribution < -0.4 is 15.8 Å². The summed E-state index contributed by atoms with van der Waals surface area (Å²) in [5.41, 5.74) is 7.79. The van der Waals surface area contributed by atoms with Gasteiger partial charge in [-0.2, -0.15) is 0 Å². The Hall–Kier alpha value is -1.55. The molecule has 0 spiro atoms. The third-order valence-corrected chi connectivity index (χ3v) is 2.80. The van der Waals surface area contributed by atoms with Gasteiger partial charge in [0.05, 0.1) is 6.04 Å². The van der Waals surface area contributed by atoms with E-state index in [4.69, 9.17) is 10.5 Å². The monoisotopic (exact) mass is 264 g/mol. The first-order chi connectivity index (χ1) is 8.90. The fraction of sp³-hybridized carbons (Fsp3) is 0.533. The van der Waals surface area contributed by atoms with Gasteiger partial charge >= 0.3 is 0 Å². The van der Waals surface area contributed by atoms with E-state index in [1.54, 1.807) is 0 Å². The minimum absolute atomic E-state index is 0.0346. The Morgan fingerprint density at radius 1 is 1.32 bits per heavy atom. The highest BCUT2D eigenvalue weighted by Crippen LogP contribution is 2.22. The van der Waals surface area contributed by atoms with E-state index in [1.165, 1.54) is 0 Å². The smallest absolute Gasteiger partial charge is 0.221 e. The van der Waals surface area contributed by atoms with Gasteiger partial charge in [0, 0.05) is 12.5 Å². The number of rotatable bonds is 6. The van der Waals surface area contributed by atoms with Crippen LogP contribution in [0.5, 0.6) is 5.75 Å². The molecule has 0 saturated heterocycles. The summed E-state index contributed by atoms with van der Waals surface area (Å²) in [5.74, 6) is 0.864. The highest BCUT2D eigenvalue weighted by Gasteiger charge is 2.11. The Morgan fingerprint density at radius 3 is 2.42 bits per heavy atom. The molecule has 1 unspecified atom stereocenters. The molecule has 106 valence electrons. The van der Waals surface area contributed by atoms with Gasteiger partial charge in [-0.25, -0.2) is 0 Å². The third-order valence-electron chi connectivity index (χ3n) is 2.80. The Balaban J connectivity index is 2.46. The van der Waals surface area contributed by atoms with Crippen LogP contribution in [0.2, 0.25) is 0 Å². The van der Waals surface area contributed by atoms with Gasteiger partial charge < -0.3 is 15.8 Å². The van der Waals surface area contributed by atoms with Gasteiger partial charge in [0.15, 0.2) is 0 Å². The molecule has 4 heteroatoms. The van der Waals surface area contributed by atoms with Crippen molar-refractivity contribution in [3.8, 4) is 5.75 Å². The quantitative estimate of drug-likeness (QED) is 0.825. The first kappa shape index (κ1) is 15.5. The van der Waals surface area contributed by atoms with E-state index >= 15 is 0 Å². The molecule has 0 aliphatic heterocycles. The number of carbonyl (C=O) groups excluding carboxylic acids is 1. The number of carbonyl (C=O) groups is 1. The van der Waals surface area contributed by atoms with Crippen LogP contribution in [-0.4, -0.2) is 24.6 Å². The van der Waals surface area contributed by atoms with Crippen LogP contribution in [0, 0.1) is 13.8 Å². The van der Waals surface area contributed by atoms with E-state index in [-0.39, 0.29) is 18.0 Å². The Bertz CT molecular complexity index is 410. The fourth-order valence-corrected chi connectivity index (χ4v) is 1.90. The predicted octanol–water partition coefficient (Wildman–Crippen LogP) is 1.92. The Morgan fingerprint density at radius 2 is 1.89 bits per heavy atom. The van der Waals surface area contributed by atoms with Crippen LogP contribution in [0.3, 0.4) is 0 Å². The molecule has 1 rings (SSSR count). The molecule has 1 aromatic rings. The number of hydrogen-bond donors (Lipinski definition) is 2. The zero-order valence-corrected chi connectivity index (χ0v) is 12.2. The van der Waals surface area contributed by atoms with Gasteiger partial charge in [-0.05, 0) is 38.8 Å². The highest BCUT2D eigenvalue weighted by atomic mass is 16.5. The molecule has 4 nitrogen and oxygen atoms in total. The normalized spacial score (nSPS) is 13.7. The van der Waals surface area contributed by atoms with E-state index in [0.29, 0.717) is 13.0 Å².